The van der Waals surface area contributed by atoms with Gasteiger partial charge < -0.3 is 0 Å². The third-order valence-corrected chi connectivity index (χ3v) is 1.78. The van der Waals surface area contributed by atoms with Crippen molar-refractivity contribution in [1.82, 2.24) is 0 Å². The van der Waals surface area contributed by atoms with Crippen LogP contribution in [0.1, 0.15) is 5.56 Å². The predicted octanol–water partition coefficient (Wildman–Crippen LogP) is 3.66. The van der Waals surface area contributed by atoms with E-state index in [-0.39, 0.29) is 0 Å². The van der Waals surface area contributed by atoms with Gasteiger partial charge >= 0.3 is 0 Å². The van der Waals surface area contributed by atoms with Crippen LogP contribution in [0.15, 0.2) is 34.3 Å². The summed E-state index contributed by atoms with van der Waals surface area (Å²) in [5, 5.41) is 0. The summed E-state index contributed by atoms with van der Waals surface area (Å²) in [6, 6.07) is 7.93. The monoisotopic (exact) mass is 216 g/mol. The summed E-state index contributed by atoms with van der Waals surface area (Å²) in [7, 11) is 0. The maximum atomic E-state index is 5.38. The van der Waals surface area contributed by atoms with E-state index in [9.17, 15) is 0 Å². The fourth-order valence-electron chi connectivity index (χ4n) is 0.647. The Hall–Kier alpha value is -0.270. The van der Waals surface area contributed by atoms with Crippen molar-refractivity contribution in [3.8, 4) is 0 Å². The molecule has 0 unspecified atom stereocenters. The molecule has 0 fully saturated rings. The smallest absolute Gasteiger partial charge is 0.0175 e. The highest BCUT2D eigenvalue weighted by Gasteiger charge is 1.84. The average molecular weight is 217 g/mol. The van der Waals surface area contributed by atoms with Crippen LogP contribution in [0.2, 0.25) is 0 Å². The van der Waals surface area contributed by atoms with Gasteiger partial charge in [-0.3, -0.25) is 0 Å². The Morgan fingerprint density at radius 3 is 2.30 bits per heavy atom. The Kier molecular flexibility index (Phi) is 2.97. The highest BCUT2D eigenvalue weighted by molar-refractivity contribution is 9.10. The van der Waals surface area contributed by atoms with Crippen molar-refractivity contribution in [2.24, 2.45) is 0 Å². The molecule has 2 heteroatoms. The third-order valence-electron chi connectivity index (χ3n) is 1.13. The molecule has 10 heavy (non-hydrogen) atoms. The number of hydrogen-bond acceptors (Lipinski definition) is 0. The van der Waals surface area contributed by atoms with Crippen molar-refractivity contribution < 1.29 is 0 Å². The summed E-state index contributed by atoms with van der Waals surface area (Å²) in [5.74, 6) is 0. The summed E-state index contributed by atoms with van der Waals surface area (Å²) in [4.78, 5) is 0. The molecule has 1 aromatic rings. The normalized spacial score (nSPS) is 10.6. The van der Waals surface area contributed by atoms with Gasteiger partial charge in [0, 0.05) is 10.0 Å². The molecule has 0 aromatic heterocycles. The van der Waals surface area contributed by atoms with E-state index in [4.69, 9.17) is 11.6 Å². The van der Waals surface area contributed by atoms with Crippen LogP contribution in [0.3, 0.4) is 0 Å². The SMILES string of the molecule is Cl/C=C/c1ccc(Br)cc1. The van der Waals surface area contributed by atoms with Crippen molar-refractivity contribution in [2.75, 3.05) is 0 Å². The largest absolute Gasteiger partial charge is 0.0929 e. The minimum Gasteiger partial charge on any atom is -0.0929 e. The molecule has 1 rings (SSSR count). The zero-order valence-electron chi connectivity index (χ0n) is 5.22. The molecule has 1 aromatic carbocycles. The van der Waals surface area contributed by atoms with Gasteiger partial charge in [0.2, 0.25) is 0 Å². The molecule has 0 spiro atoms. The average Bonchev–Trinajstić information content (AvgIpc) is 1.95. The zero-order chi connectivity index (χ0) is 7.40. The van der Waals surface area contributed by atoms with E-state index in [2.05, 4.69) is 15.9 Å². The Labute approximate surface area is 73.6 Å². The van der Waals surface area contributed by atoms with Crippen molar-refractivity contribution in [1.29, 1.82) is 0 Å². The molecule has 0 N–H and O–H groups in total. The molecular formula is C8H6BrCl. The van der Waals surface area contributed by atoms with Crippen LogP contribution in [0.5, 0.6) is 0 Å². The van der Waals surface area contributed by atoms with Gasteiger partial charge in [0.15, 0.2) is 0 Å². The first-order valence-electron chi connectivity index (χ1n) is 2.85. The van der Waals surface area contributed by atoms with Gasteiger partial charge in [-0.1, -0.05) is 39.7 Å². The van der Waals surface area contributed by atoms with E-state index in [1.165, 1.54) is 5.54 Å². The predicted molar refractivity (Wildman–Crippen MR) is 49.0 cm³/mol. The van der Waals surface area contributed by atoms with Crippen LogP contribution < -0.4 is 0 Å². The molecule has 0 aliphatic carbocycles. The number of benzene rings is 1. The van der Waals surface area contributed by atoms with E-state index in [1.807, 2.05) is 30.3 Å². The van der Waals surface area contributed by atoms with Crippen LogP contribution in [0, 0.1) is 0 Å². The molecular weight excluding hydrogens is 211 g/mol. The first-order chi connectivity index (χ1) is 4.83. The van der Waals surface area contributed by atoms with Crippen molar-refractivity contribution >= 4 is 33.6 Å². The van der Waals surface area contributed by atoms with Gasteiger partial charge in [-0.2, -0.15) is 0 Å². The molecule has 0 saturated carbocycles. The number of hydrogen-bond donors (Lipinski definition) is 0. The lowest BCUT2D eigenvalue weighted by Crippen LogP contribution is -1.68. The Morgan fingerprint density at radius 1 is 1.20 bits per heavy atom. The molecule has 0 nitrogen and oxygen atoms in total. The summed E-state index contributed by atoms with van der Waals surface area (Å²) >= 11 is 8.72. The maximum Gasteiger partial charge on any atom is 0.0175 e. The molecule has 0 saturated heterocycles. The molecule has 0 aliphatic rings. The highest BCUT2D eigenvalue weighted by Crippen LogP contribution is 2.11. The fraction of sp³-hybridized carbons (Fsp3) is 0. The van der Waals surface area contributed by atoms with Crippen molar-refractivity contribution in [3.63, 3.8) is 0 Å². The molecule has 0 amide bonds. The van der Waals surface area contributed by atoms with Crippen molar-refractivity contribution in [2.45, 2.75) is 0 Å². The minimum atomic E-state index is 1.08. The Morgan fingerprint density at radius 2 is 1.80 bits per heavy atom. The fourth-order valence-corrected chi connectivity index (χ4v) is 1.06. The van der Waals surface area contributed by atoms with Crippen LogP contribution in [-0.4, -0.2) is 0 Å². The minimum absolute atomic E-state index is 1.08. The van der Waals surface area contributed by atoms with Crippen LogP contribution in [0.25, 0.3) is 6.08 Å². The van der Waals surface area contributed by atoms with Gasteiger partial charge in [0.25, 0.3) is 0 Å². The van der Waals surface area contributed by atoms with E-state index in [0.29, 0.717) is 0 Å². The van der Waals surface area contributed by atoms with E-state index < -0.39 is 0 Å². The van der Waals surface area contributed by atoms with Crippen LogP contribution in [0.4, 0.5) is 0 Å². The van der Waals surface area contributed by atoms with Gasteiger partial charge in [-0.25, -0.2) is 0 Å². The zero-order valence-corrected chi connectivity index (χ0v) is 7.56. The topological polar surface area (TPSA) is 0 Å². The van der Waals surface area contributed by atoms with E-state index in [0.717, 1.165) is 10.0 Å². The molecule has 52 valence electrons. The second-order valence-corrected chi connectivity index (χ2v) is 3.01. The molecule has 0 atom stereocenters. The molecule has 0 heterocycles. The highest BCUT2D eigenvalue weighted by atomic mass is 79.9. The van der Waals surface area contributed by atoms with Crippen molar-refractivity contribution in [3.05, 3.63) is 39.8 Å². The number of halogens is 2. The quantitative estimate of drug-likeness (QED) is 0.673. The Balaban J connectivity index is 2.89. The summed E-state index contributed by atoms with van der Waals surface area (Å²) in [6.07, 6.45) is 1.84. The summed E-state index contributed by atoms with van der Waals surface area (Å²) < 4.78 is 1.08. The molecule has 0 radical (unpaired) electrons. The number of rotatable bonds is 1. The standard InChI is InChI=1S/C8H6BrCl/c9-8-3-1-7(2-4-8)5-6-10/h1-6H/b6-5+. The van der Waals surface area contributed by atoms with Gasteiger partial charge in [-0.05, 0) is 23.8 Å². The lowest BCUT2D eigenvalue weighted by Gasteiger charge is -1.90. The Bertz CT molecular complexity index is 226. The first-order valence-corrected chi connectivity index (χ1v) is 4.08. The first kappa shape index (κ1) is 7.83. The second-order valence-electron chi connectivity index (χ2n) is 1.84. The van der Waals surface area contributed by atoms with Gasteiger partial charge in [0.05, 0.1) is 0 Å². The second kappa shape index (κ2) is 3.79. The summed E-state index contributed by atoms with van der Waals surface area (Å²) in [5.41, 5.74) is 2.61. The molecule has 0 bridgehead atoms. The van der Waals surface area contributed by atoms with E-state index in [1.54, 1.807) is 0 Å². The van der Waals surface area contributed by atoms with Gasteiger partial charge in [0.1, 0.15) is 0 Å². The van der Waals surface area contributed by atoms with Crippen LogP contribution in [-0.2, 0) is 0 Å². The van der Waals surface area contributed by atoms with Crippen LogP contribution >= 0.6 is 27.5 Å². The lowest BCUT2D eigenvalue weighted by atomic mass is 10.2. The maximum absolute atomic E-state index is 5.38. The third kappa shape index (κ3) is 2.16. The summed E-state index contributed by atoms with van der Waals surface area (Å²) in [6.45, 7) is 0. The molecule has 0 aliphatic heterocycles. The lowest BCUT2D eigenvalue weighted by molar-refractivity contribution is 1.62. The van der Waals surface area contributed by atoms with Gasteiger partial charge in [-0.15, -0.1) is 0 Å². The van der Waals surface area contributed by atoms with E-state index >= 15 is 0 Å².